The highest BCUT2D eigenvalue weighted by Crippen LogP contribution is 2.20. The molecule has 1 unspecified atom stereocenters. The monoisotopic (exact) mass is 207 g/mol. The van der Waals surface area contributed by atoms with Crippen LogP contribution in [0.2, 0.25) is 0 Å². The predicted octanol–water partition coefficient (Wildman–Crippen LogP) is 3.25. The molecule has 76 valence electrons. The molecule has 2 heteroatoms. The summed E-state index contributed by atoms with van der Waals surface area (Å²) in [6.45, 7) is 5.86. The van der Waals surface area contributed by atoms with E-state index in [1.54, 1.807) is 0 Å². The van der Waals surface area contributed by atoms with Crippen LogP contribution in [0.4, 0.5) is 0 Å². The molecular formula is C12H17NS. The van der Waals surface area contributed by atoms with Gasteiger partial charge in [-0.25, -0.2) is 0 Å². The maximum Gasteiger partial charge on any atom is 0.0289 e. The average molecular weight is 207 g/mol. The van der Waals surface area contributed by atoms with E-state index < -0.39 is 0 Å². The third-order valence-electron chi connectivity index (χ3n) is 2.18. The maximum absolute atomic E-state index is 3.70. The molecule has 1 aromatic rings. The molecule has 1 N–H and O–H groups in total. The Morgan fingerprint density at radius 2 is 2.07 bits per heavy atom. The molecule has 14 heavy (non-hydrogen) atoms. The summed E-state index contributed by atoms with van der Waals surface area (Å²) in [5, 5.41) is 3.22. The largest absolute Gasteiger partial charge is 0.313 e. The van der Waals surface area contributed by atoms with E-state index in [9.17, 15) is 0 Å². The second-order valence-electron chi connectivity index (χ2n) is 3.18. The average Bonchev–Trinajstić information content (AvgIpc) is 2.26. The fraction of sp³-hybridized carbons (Fsp3) is 0.333. The molecule has 0 aliphatic heterocycles. The van der Waals surface area contributed by atoms with Crippen molar-refractivity contribution < 1.29 is 0 Å². The zero-order valence-electron chi connectivity index (χ0n) is 8.79. The normalized spacial score (nSPS) is 12.4. The first-order valence-electron chi connectivity index (χ1n) is 4.79. The van der Waals surface area contributed by atoms with Crippen molar-refractivity contribution in [2.24, 2.45) is 0 Å². The van der Waals surface area contributed by atoms with E-state index in [4.69, 9.17) is 0 Å². The first-order chi connectivity index (χ1) is 6.77. The van der Waals surface area contributed by atoms with E-state index in [2.05, 4.69) is 43.1 Å². The summed E-state index contributed by atoms with van der Waals surface area (Å²) in [5.74, 6) is 0.973. The topological polar surface area (TPSA) is 12.0 Å². The molecular weight excluding hydrogens is 190 g/mol. The summed E-state index contributed by atoms with van der Waals surface area (Å²) >= 11 is 1.81. The lowest BCUT2D eigenvalue weighted by molar-refractivity contribution is 0.652. The molecule has 0 heterocycles. The molecule has 0 spiro atoms. The Kier molecular flexibility index (Phi) is 4.77. The Balaban J connectivity index is 2.63. The minimum atomic E-state index is 0.424. The second kappa shape index (κ2) is 5.89. The van der Waals surface area contributed by atoms with Gasteiger partial charge < -0.3 is 5.32 Å². The van der Waals surface area contributed by atoms with Crippen LogP contribution in [-0.2, 0) is 0 Å². The lowest BCUT2D eigenvalue weighted by Gasteiger charge is -2.10. The first kappa shape index (κ1) is 11.3. The smallest absolute Gasteiger partial charge is 0.0289 e. The Morgan fingerprint density at radius 1 is 1.43 bits per heavy atom. The summed E-state index contributed by atoms with van der Waals surface area (Å²) in [5.41, 5.74) is 1.33. The van der Waals surface area contributed by atoms with Gasteiger partial charge in [0.1, 0.15) is 0 Å². The molecule has 1 atom stereocenters. The summed E-state index contributed by atoms with van der Waals surface area (Å²) in [7, 11) is 1.98. The Labute approximate surface area is 90.6 Å². The standard InChI is InChI=1S/C12H17NS/c1-4-9-14-12-7-5-11(6-8-12)10(2)13-3/h4-8,10,13H,1,9H2,2-3H3. The number of thioether (sulfide) groups is 1. The molecule has 1 aromatic carbocycles. The molecule has 1 rings (SSSR count). The fourth-order valence-corrected chi connectivity index (χ4v) is 1.81. The van der Waals surface area contributed by atoms with Crippen molar-refractivity contribution >= 4 is 11.8 Å². The summed E-state index contributed by atoms with van der Waals surface area (Å²) in [6.07, 6.45) is 1.93. The molecule has 0 saturated carbocycles. The zero-order valence-corrected chi connectivity index (χ0v) is 9.60. The fourth-order valence-electron chi connectivity index (χ4n) is 1.17. The third-order valence-corrected chi connectivity index (χ3v) is 3.19. The molecule has 0 saturated heterocycles. The highest BCUT2D eigenvalue weighted by atomic mass is 32.2. The third kappa shape index (κ3) is 3.20. The summed E-state index contributed by atoms with van der Waals surface area (Å²) in [6, 6.07) is 9.10. The van der Waals surface area contributed by atoms with Crippen LogP contribution in [0.25, 0.3) is 0 Å². The number of nitrogens with one attached hydrogen (secondary N) is 1. The Bertz CT molecular complexity index is 279. The highest BCUT2D eigenvalue weighted by Gasteiger charge is 2.01. The first-order valence-corrected chi connectivity index (χ1v) is 5.77. The van der Waals surface area contributed by atoms with Crippen LogP contribution in [0.1, 0.15) is 18.5 Å². The van der Waals surface area contributed by atoms with Crippen molar-refractivity contribution in [1.82, 2.24) is 5.32 Å². The van der Waals surface area contributed by atoms with Crippen LogP contribution in [0.5, 0.6) is 0 Å². The molecule has 0 aliphatic rings. The van der Waals surface area contributed by atoms with Crippen LogP contribution in [0, 0.1) is 0 Å². The highest BCUT2D eigenvalue weighted by molar-refractivity contribution is 7.99. The SMILES string of the molecule is C=CCSc1ccc(C(C)NC)cc1. The van der Waals surface area contributed by atoms with Gasteiger partial charge in [-0.05, 0) is 31.7 Å². The van der Waals surface area contributed by atoms with Gasteiger partial charge in [0.15, 0.2) is 0 Å². The van der Waals surface area contributed by atoms with Crippen LogP contribution in [-0.4, -0.2) is 12.8 Å². The van der Waals surface area contributed by atoms with Crippen LogP contribution in [0.15, 0.2) is 41.8 Å². The number of hydrogen-bond donors (Lipinski definition) is 1. The summed E-state index contributed by atoms with van der Waals surface area (Å²) < 4.78 is 0. The van der Waals surface area contributed by atoms with Gasteiger partial charge in [0.25, 0.3) is 0 Å². The second-order valence-corrected chi connectivity index (χ2v) is 4.27. The van der Waals surface area contributed by atoms with E-state index in [1.807, 2.05) is 24.9 Å². The zero-order chi connectivity index (χ0) is 10.4. The lowest BCUT2D eigenvalue weighted by Crippen LogP contribution is -2.11. The molecule has 0 fully saturated rings. The van der Waals surface area contributed by atoms with Crippen molar-refractivity contribution in [1.29, 1.82) is 0 Å². The molecule has 0 aliphatic carbocycles. The van der Waals surface area contributed by atoms with Gasteiger partial charge in [-0.2, -0.15) is 0 Å². The van der Waals surface area contributed by atoms with E-state index >= 15 is 0 Å². The minimum absolute atomic E-state index is 0.424. The van der Waals surface area contributed by atoms with Gasteiger partial charge >= 0.3 is 0 Å². The molecule has 1 nitrogen and oxygen atoms in total. The Hall–Kier alpha value is -0.730. The number of hydrogen-bond acceptors (Lipinski definition) is 2. The quantitative estimate of drug-likeness (QED) is 0.587. The van der Waals surface area contributed by atoms with Gasteiger partial charge in [-0.15, -0.1) is 18.3 Å². The van der Waals surface area contributed by atoms with Crippen molar-refractivity contribution in [3.63, 3.8) is 0 Å². The number of rotatable bonds is 5. The van der Waals surface area contributed by atoms with Crippen molar-refractivity contribution in [2.75, 3.05) is 12.8 Å². The minimum Gasteiger partial charge on any atom is -0.313 e. The van der Waals surface area contributed by atoms with Crippen molar-refractivity contribution in [3.8, 4) is 0 Å². The van der Waals surface area contributed by atoms with Gasteiger partial charge in [-0.1, -0.05) is 18.2 Å². The van der Waals surface area contributed by atoms with Crippen molar-refractivity contribution in [3.05, 3.63) is 42.5 Å². The van der Waals surface area contributed by atoms with E-state index in [1.165, 1.54) is 10.5 Å². The van der Waals surface area contributed by atoms with Crippen LogP contribution >= 0.6 is 11.8 Å². The molecule has 0 aromatic heterocycles. The molecule has 0 bridgehead atoms. The van der Waals surface area contributed by atoms with Crippen molar-refractivity contribution in [2.45, 2.75) is 17.9 Å². The lowest BCUT2D eigenvalue weighted by atomic mass is 10.1. The van der Waals surface area contributed by atoms with Gasteiger partial charge in [0, 0.05) is 16.7 Å². The van der Waals surface area contributed by atoms with Gasteiger partial charge in [0.05, 0.1) is 0 Å². The van der Waals surface area contributed by atoms with E-state index in [-0.39, 0.29) is 0 Å². The molecule has 0 radical (unpaired) electrons. The van der Waals surface area contributed by atoms with Crippen LogP contribution in [0.3, 0.4) is 0 Å². The van der Waals surface area contributed by atoms with E-state index in [0.717, 1.165) is 5.75 Å². The predicted molar refractivity (Wildman–Crippen MR) is 64.8 cm³/mol. The van der Waals surface area contributed by atoms with E-state index in [0.29, 0.717) is 6.04 Å². The Morgan fingerprint density at radius 3 is 2.57 bits per heavy atom. The maximum atomic E-state index is 3.70. The van der Waals surface area contributed by atoms with Gasteiger partial charge in [-0.3, -0.25) is 0 Å². The summed E-state index contributed by atoms with van der Waals surface area (Å²) in [4.78, 5) is 1.30. The van der Waals surface area contributed by atoms with Gasteiger partial charge in [0.2, 0.25) is 0 Å². The molecule has 0 amide bonds. The number of benzene rings is 1. The van der Waals surface area contributed by atoms with Crippen LogP contribution < -0.4 is 5.32 Å².